The van der Waals surface area contributed by atoms with Crippen LogP contribution in [0.4, 0.5) is 11.4 Å². The number of ether oxygens (including phenoxy) is 2. The van der Waals surface area contributed by atoms with Gasteiger partial charge in [-0.05, 0) is 68.5 Å². The summed E-state index contributed by atoms with van der Waals surface area (Å²) in [6, 6.07) is 15.4. The van der Waals surface area contributed by atoms with Crippen LogP contribution in [0.15, 0.2) is 48.5 Å². The van der Waals surface area contributed by atoms with Gasteiger partial charge in [-0.3, -0.25) is 4.79 Å². The zero-order valence-electron chi connectivity index (χ0n) is 16.2. The molecule has 1 unspecified atom stereocenters. The number of anilines is 2. The number of hydrogen-bond acceptors (Lipinski definition) is 4. The molecule has 2 heterocycles. The number of piperidine rings is 1. The van der Waals surface area contributed by atoms with Gasteiger partial charge < -0.3 is 19.7 Å². The molecule has 28 heavy (non-hydrogen) atoms. The van der Waals surface area contributed by atoms with Crippen LogP contribution in [-0.4, -0.2) is 38.3 Å². The molecule has 2 aliphatic heterocycles. The van der Waals surface area contributed by atoms with Crippen LogP contribution in [-0.2, 0) is 4.74 Å². The van der Waals surface area contributed by atoms with E-state index in [1.54, 1.807) is 0 Å². The van der Waals surface area contributed by atoms with E-state index in [4.69, 9.17) is 9.47 Å². The van der Waals surface area contributed by atoms with Gasteiger partial charge in [0.15, 0.2) is 0 Å². The maximum atomic E-state index is 12.7. The van der Waals surface area contributed by atoms with Crippen molar-refractivity contribution in [3.8, 4) is 5.75 Å². The summed E-state index contributed by atoms with van der Waals surface area (Å²) in [5, 5.41) is 3.08. The first kappa shape index (κ1) is 18.8. The average Bonchev–Trinajstić information content (AvgIpc) is 3.27. The summed E-state index contributed by atoms with van der Waals surface area (Å²) < 4.78 is 11.3. The van der Waals surface area contributed by atoms with Gasteiger partial charge in [-0.1, -0.05) is 12.1 Å². The predicted octanol–water partition coefficient (Wildman–Crippen LogP) is 4.49. The molecule has 2 saturated heterocycles. The van der Waals surface area contributed by atoms with Crippen molar-refractivity contribution >= 4 is 17.3 Å². The van der Waals surface area contributed by atoms with Gasteiger partial charge in [0.25, 0.3) is 5.91 Å². The highest BCUT2D eigenvalue weighted by Crippen LogP contribution is 2.28. The summed E-state index contributed by atoms with van der Waals surface area (Å²) in [6.07, 6.45) is 6.04. The number of nitrogens with zero attached hydrogens (tertiary/aromatic N) is 1. The van der Waals surface area contributed by atoms with E-state index in [0.29, 0.717) is 12.2 Å². The summed E-state index contributed by atoms with van der Waals surface area (Å²) in [5.74, 6) is 0.663. The molecule has 0 spiro atoms. The maximum absolute atomic E-state index is 12.7. The molecule has 1 amide bonds. The Bertz CT molecular complexity index is 779. The van der Waals surface area contributed by atoms with Gasteiger partial charge >= 0.3 is 0 Å². The number of carbonyl (C=O) groups excluding carboxylic acids is 1. The Morgan fingerprint density at radius 1 is 1.04 bits per heavy atom. The molecule has 2 fully saturated rings. The summed E-state index contributed by atoms with van der Waals surface area (Å²) in [7, 11) is 0. The van der Waals surface area contributed by atoms with E-state index in [9.17, 15) is 4.79 Å². The molecule has 1 atom stereocenters. The molecular formula is C23H28N2O3. The minimum atomic E-state index is -0.102. The molecule has 2 aromatic carbocycles. The van der Waals surface area contributed by atoms with Crippen molar-refractivity contribution in [3.63, 3.8) is 0 Å². The van der Waals surface area contributed by atoms with Crippen LogP contribution in [0.3, 0.4) is 0 Å². The van der Waals surface area contributed by atoms with Gasteiger partial charge in [-0.25, -0.2) is 0 Å². The van der Waals surface area contributed by atoms with Crippen molar-refractivity contribution in [2.24, 2.45) is 0 Å². The molecule has 0 saturated carbocycles. The lowest BCUT2D eigenvalue weighted by Crippen LogP contribution is -2.30. The van der Waals surface area contributed by atoms with E-state index in [2.05, 4.69) is 16.3 Å². The highest BCUT2D eigenvalue weighted by molar-refractivity contribution is 6.06. The number of amides is 1. The second kappa shape index (κ2) is 9.11. The van der Waals surface area contributed by atoms with Crippen molar-refractivity contribution in [2.75, 3.05) is 36.5 Å². The standard InChI is InChI=1S/C23H28N2O3/c26-23(18-10-12-19(13-11-18)28-17-20-7-6-16-27-20)24-21-8-2-3-9-22(21)25-14-4-1-5-15-25/h2-3,8-13,20H,1,4-7,14-17H2,(H,24,26). The first-order chi connectivity index (χ1) is 13.8. The number of benzene rings is 2. The maximum Gasteiger partial charge on any atom is 0.255 e. The summed E-state index contributed by atoms with van der Waals surface area (Å²) in [6.45, 7) is 3.48. The SMILES string of the molecule is O=C(Nc1ccccc1N1CCCCC1)c1ccc(OCC2CCCO2)cc1. The number of hydrogen-bond donors (Lipinski definition) is 1. The number of nitrogens with one attached hydrogen (secondary N) is 1. The van der Waals surface area contributed by atoms with Gasteiger partial charge in [0, 0.05) is 25.3 Å². The van der Waals surface area contributed by atoms with E-state index >= 15 is 0 Å². The third-order valence-electron chi connectivity index (χ3n) is 5.43. The monoisotopic (exact) mass is 380 g/mol. The third-order valence-corrected chi connectivity index (χ3v) is 5.43. The molecule has 0 radical (unpaired) electrons. The van der Waals surface area contributed by atoms with Crippen LogP contribution < -0.4 is 15.0 Å². The first-order valence-electron chi connectivity index (χ1n) is 10.3. The van der Waals surface area contributed by atoms with Gasteiger partial charge in [0.1, 0.15) is 12.4 Å². The number of para-hydroxylation sites is 2. The molecule has 2 aliphatic rings. The molecule has 0 bridgehead atoms. The lowest BCUT2D eigenvalue weighted by atomic mass is 10.1. The van der Waals surface area contributed by atoms with Crippen molar-refractivity contribution < 1.29 is 14.3 Å². The molecule has 0 aromatic heterocycles. The van der Waals surface area contributed by atoms with Crippen LogP contribution in [0.5, 0.6) is 5.75 Å². The van der Waals surface area contributed by atoms with Gasteiger partial charge in [0.05, 0.1) is 17.5 Å². The Labute approximate surface area is 166 Å². The van der Waals surface area contributed by atoms with Crippen LogP contribution in [0.2, 0.25) is 0 Å². The summed E-state index contributed by atoms with van der Waals surface area (Å²) in [5.41, 5.74) is 2.60. The minimum absolute atomic E-state index is 0.102. The molecule has 1 N–H and O–H groups in total. The first-order valence-corrected chi connectivity index (χ1v) is 10.3. The normalized spacial score (nSPS) is 19.4. The summed E-state index contributed by atoms with van der Waals surface area (Å²) in [4.78, 5) is 15.1. The van der Waals surface area contributed by atoms with Crippen molar-refractivity contribution in [1.29, 1.82) is 0 Å². The van der Waals surface area contributed by atoms with E-state index in [-0.39, 0.29) is 12.0 Å². The highest BCUT2D eigenvalue weighted by Gasteiger charge is 2.17. The molecule has 5 heteroatoms. The second-order valence-corrected chi connectivity index (χ2v) is 7.49. The Morgan fingerprint density at radius 2 is 1.82 bits per heavy atom. The van der Waals surface area contributed by atoms with E-state index in [1.165, 1.54) is 19.3 Å². The van der Waals surface area contributed by atoms with Crippen LogP contribution in [0.25, 0.3) is 0 Å². The van der Waals surface area contributed by atoms with E-state index in [1.807, 2.05) is 42.5 Å². The number of carbonyl (C=O) groups is 1. The molecule has 0 aliphatic carbocycles. The van der Waals surface area contributed by atoms with Gasteiger partial charge in [-0.2, -0.15) is 0 Å². The van der Waals surface area contributed by atoms with Crippen molar-refractivity contribution in [2.45, 2.75) is 38.2 Å². The Balaban J connectivity index is 1.38. The largest absolute Gasteiger partial charge is 0.491 e. The molecule has 5 nitrogen and oxygen atoms in total. The minimum Gasteiger partial charge on any atom is -0.491 e. The van der Waals surface area contributed by atoms with Crippen molar-refractivity contribution in [1.82, 2.24) is 0 Å². The fraction of sp³-hybridized carbons (Fsp3) is 0.435. The Morgan fingerprint density at radius 3 is 2.57 bits per heavy atom. The fourth-order valence-electron chi connectivity index (χ4n) is 3.85. The Hall–Kier alpha value is -2.53. The van der Waals surface area contributed by atoms with Gasteiger partial charge in [-0.15, -0.1) is 0 Å². The quantitative estimate of drug-likeness (QED) is 0.802. The fourth-order valence-corrected chi connectivity index (χ4v) is 3.85. The van der Waals surface area contributed by atoms with Crippen LogP contribution >= 0.6 is 0 Å². The van der Waals surface area contributed by atoms with Crippen LogP contribution in [0.1, 0.15) is 42.5 Å². The topological polar surface area (TPSA) is 50.8 Å². The molecular weight excluding hydrogens is 352 g/mol. The molecule has 4 rings (SSSR count). The lowest BCUT2D eigenvalue weighted by Gasteiger charge is -2.30. The number of rotatable bonds is 6. The second-order valence-electron chi connectivity index (χ2n) is 7.49. The summed E-state index contributed by atoms with van der Waals surface area (Å²) >= 11 is 0. The molecule has 148 valence electrons. The highest BCUT2D eigenvalue weighted by atomic mass is 16.5. The third kappa shape index (κ3) is 4.65. The smallest absolute Gasteiger partial charge is 0.255 e. The predicted molar refractivity (Wildman–Crippen MR) is 111 cm³/mol. The lowest BCUT2D eigenvalue weighted by molar-refractivity contribution is 0.0679. The van der Waals surface area contributed by atoms with E-state index < -0.39 is 0 Å². The van der Waals surface area contributed by atoms with E-state index in [0.717, 1.165) is 49.7 Å². The van der Waals surface area contributed by atoms with Gasteiger partial charge in [0.2, 0.25) is 0 Å². The van der Waals surface area contributed by atoms with Crippen LogP contribution in [0, 0.1) is 0 Å². The zero-order chi connectivity index (χ0) is 19.2. The van der Waals surface area contributed by atoms with Crippen molar-refractivity contribution in [3.05, 3.63) is 54.1 Å². The average molecular weight is 380 g/mol. The Kier molecular flexibility index (Phi) is 6.12. The molecule has 2 aromatic rings. The zero-order valence-corrected chi connectivity index (χ0v) is 16.2.